The standard InChI is InChI=1S/C33H31ClFN7/c1-3-30(34)42-21-28(24-11-13-27(35)14-12-24)31(37-22(42)2)25-9-7-23(8-10-25)20-41-18-15-26(16-19-41)32-38-33(40-39-32)29-6-4-5-17-36-29/h3-14,17,21,26H,2,15-16,18-20H2,1H3,(H,38,39,40)/b30-3-. The molecule has 212 valence electrons. The number of benzene rings is 2. The molecule has 42 heavy (non-hydrogen) atoms. The van der Waals surface area contributed by atoms with Crippen molar-refractivity contribution in [1.29, 1.82) is 0 Å². The Kier molecular flexibility index (Phi) is 8.08. The fourth-order valence-corrected chi connectivity index (χ4v) is 5.50. The molecule has 2 aromatic carbocycles. The minimum absolute atomic E-state index is 0.287. The molecule has 1 fully saturated rings. The number of hydrogen-bond donors (Lipinski definition) is 1. The summed E-state index contributed by atoms with van der Waals surface area (Å²) in [6.07, 6.45) is 7.49. The number of likely N-dealkylation sites (tertiary alicyclic amines) is 1. The summed E-state index contributed by atoms with van der Waals surface area (Å²) in [6.45, 7) is 8.80. The maximum atomic E-state index is 13.7. The van der Waals surface area contributed by atoms with Crippen molar-refractivity contribution in [2.24, 2.45) is 4.99 Å². The van der Waals surface area contributed by atoms with Crippen LogP contribution in [-0.4, -0.2) is 48.8 Å². The number of nitrogens with one attached hydrogen (secondary N) is 1. The second kappa shape index (κ2) is 12.2. The number of aliphatic imine (C=N–C) groups is 1. The molecule has 1 saturated heterocycles. The number of allylic oxidation sites excluding steroid dienone is 2. The van der Waals surface area contributed by atoms with Gasteiger partial charge in [-0.3, -0.25) is 19.9 Å². The SMILES string of the molecule is C=C1N=C(c2ccc(CN3CCC(c4nc(-c5ccccn5)n[nH]4)CC3)cc2)C(c2ccc(F)cc2)=CN1/C(Cl)=C\C. The largest absolute Gasteiger partial charge is 0.299 e. The number of rotatable bonds is 7. The molecule has 0 bridgehead atoms. The predicted octanol–water partition coefficient (Wildman–Crippen LogP) is 7.10. The third-order valence-electron chi connectivity index (χ3n) is 7.66. The Morgan fingerprint density at radius 3 is 2.48 bits per heavy atom. The van der Waals surface area contributed by atoms with Crippen LogP contribution in [-0.2, 0) is 6.54 Å². The van der Waals surface area contributed by atoms with Crippen LogP contribution in [0.4, 0.5) is 4.39 Å². The lowest BCUT2D eigenvalue weighted by molar-refractivity contribution is 0.202. The number of hydrogen-bond acceptors (Lipinski definition) is 6. The van der Waals surface area contributed by atoms with Crippen molar-refractivity contribution in [3.63, 3.8) is 0 Å². The number of aromatic amines is 1. The fourth-order valence-electron chi connectivity index (χ4n) is 5.35. The van der Waals surface area contributed by atoms with Crippen LogP contribution in [0, 0.1) is 5.82 Å². The highest BCUT2D eigenvalue weighted by Gasteiger charge is 2.25. The van der Waals surface area contributed by atoms with Gasteiger partial charge < -0.3 is 0 Å². The maximum Gasteiger partial charge on any atom is 0.199 e. The molecule has 4 aromatic rings. The molecule has 0 atom stereocenters. The minimum atomic E-state index is -0.287. The van der Waals surface area contributed by atoms with E-state index in [9.17, 15) is 4.39 Å². The Morgan fingerprint density at radius 1 is 1.05 bits per heavy atom. The summed E-state index contributed by atoms with van der Waals surface area (Å²) in [4.78, 5) is 18.1. The molecule has 0 spiro atoms. The second-order valence-corrected chi connectivity index (χ2v) is 10.8. The van der Waals surface area contributed by atoms with Crippen molar-refractivity contribution < 1.29 is 4.39 Å². The number of piperidine rings is 1. The first-order valence-corrected chi connectivity index (χ1v) is 14.4. The Morgan fingerprint density at radius 2 is 1.79 bits per heavy atom. The van der Waals surface area contributed by atoms with Crippen molar-refractivity contribution >= 4 is 22.9 Å². The van der Waals surface area contributed by atoms with Gasteiger partial charge in [-0.15, -0.1) is 0 Å². The Labute approximate surface area is 249 Å². The van der Waals surface area contributed by atoms with Gasteiger partial charge in [0.05, 0.1) is 5.71 Å². The Hall–Kier alpha value is -4.40. The van der Waals surface area contributed by atoms with Crippen LogP contribution in [0.5, 0.6) is 0 Å². The highest BCUT2D eigenvalue weighted by Crippen LogP contribution is 2.32. The second-order valence-electron chi connectivity index (χ2n) is 10.4. The minimum Gasteiger partial charge on any atom is -0.299 e. The van der Waals surface area contributed by atoms with Crippen molar-refractivity contribution in [2.45, 2.75) is 32.2 Å². The molecule has 1 N–H and O–H groups in total. The molecule has 2 aliphatic heterocycles. The Balaban J connectivity index is 1.13. The summed E-state index contributed by atoms with van der Waals surface area (Å²) >= 11 is 6.43. The van der Waals surface area contributed by atoms with Crippen LogP contribution in [0.2, 0.25) is 0 Å². The lowest BCUT2D eigenvalue weighted by Gasteiger charge is -2.31. The zero-order valence-corrected chi connectivity index (χ0v) is 24.1. The molecule has 7 nitrogen and oxygen atoms in total. The van der Waals surface area contributed by atoms with Crippen LogP contribution in [0.1, 0.15) is 48.2 Å². The molecule has 0 aliphatic carbocycles. The molecule has 2 aliphatic rings. The first-order valence-electron chi connectivity index (χ1n) is 14.0. The van der Waals surface area contributed by atoms with Crippen LogP contribution in [0.25, 0.3) is 17.1 Å². The zero-order chi connectivity index (χ0) is 29.1. The quantitative estimate of drug-likeness (QED) is 0.236. The molecule has 0 amide bonds. The van der Waals surface area contributed by atoms with Gasteiger partial charge in [-0.25, -0.2) is 14.4 Å². The summed E-state index contributed by atoms with van der Waals surface area (Å²) in [5.41, 5.74) is 5.43. The van der Waals surface area contributed by atoms with Gasteiger partial charge >= 0.3 is 0 Å². The molecule has 0 saturated carbocycles. The van der Waals surface area contributed by atoms with Gasteiger partial charge in [0, 0.05) is 36.0 Å². The van der Waals surface area contributed by atoms with Gasteiger partial charge in [0.2, 0.25) is 0 Å². The number of halogens is 2. The topological polar surface area (TPSA) is 73.3 Å². The van der Waals surface area contributed by atoms with Gasteiger partial charge in [0.15, 0.2) is 5.82 Å². The Bertz CT molecular complexity index is 1650. The first-order chi connectivity index (χ1) is 20.5. The van der Waals surface area contributed by atoms with Crippen molar-refractivity contribution in [1.82, 2.24) is 30.0 Å². The maximum absolute atomic E-state index is 13.7. The van der Waals surface area contributed by atoms with E-state index in [1.165, 1.54) is 17.7 Å². The molecule has 9 heteroatoms. The van der Waals surface area contributed by atoms with E-state index in [2.05, 4.69) is 50.9 Å². The van der Waals surface area contributed by atoms with Crippen LogP contribution in [0.15, 0.2) is 108 Å². The lowest BCUT2D eigenvalue weighted by atomic mass is 9.94. The third kappa shape index (κ3) is 5.95. The van der Waals surface area contributed by atoms with Crippen LogP contribution < -0.4 is 0 Å². The number of H-pyrrole nitrogens is 1. The fraction of sp³-hybridized carbons (Fsp3) is 0.212. The molecular weight excluding hydrogens is 549 g/mol. The zero-order valence-electron chi connectivity index (χ0n) is 23.3. The third-order valence-corrected chi connectivity index (χ3v) is 8.06. The van der Waals surface area contributed by atoms with Crippen molar-refractivity contribution in [3.05, 3.63) is 131 Å². The van der Waals surface area contributed by atoms with E-state index in [0.29, 0.717) is 22.7 Å². The summed E-state index contributed by atoms with van der Waals surface area (Å²) < 4.78 is 13.7. The van der Waals surface area contributed by atoms with Crippen molar-refractivity contribution in [3.8, 4) is 11.5 Å². The average molecular weight is 580 g/mol. The van der Waals surface area contributed by atoms with Gasteiger partial charge in [-0.1, -0.05) is 66.7 Å². The van der Waals surface area contributed by atoms with Crippen LogP contribution >= 0.6 is 11.6 Å². The summed E-state index contributed by atoms with van der Waals surface area (Å²) in [7, 11) is 0. The van der Waals surface area contributed by atoms with Gasteiger partial charge in [-0.05, 0) is 68.2 Å². The van der Waals surface area contributed by atoms with Crippen molar-refractivity contribution in [2.75, 3.05) is 13.1 Å². The van der Waals surface area contributed by atoms with E-state index in [-0.39, 0.29) is 5.82 Å². The molecule has 0 radical (unpaired) electrons. The smallest absolute Gasteiger partial charge is 0.199 e. The monoisotopic (exact) mass is 579 g/mol. The summed E-state index contributed by atoms with van der Waals surface area (Å²) in [6, 6.07) is 20.6. The van der Waals surface area contributed by atoms with E-state index >= 15 is 0 Å². The van der Waals surface area contributed by atoms with E-state index in [1.807, 2.05) is 31.3 Å². The molecular formula is C33H31ClFN7. The number of nitrogens with zero attached hydrogens (tertiary/aromatic N) is 6. The van der Waals surface area contributed by atoms with E-state index in [0.717, 1.165) is 66.4 Å². The summed E-state index contributed by atoms with van der Waals surface area (Å²) in [5.74, 6) is 2.18. The predicted molar refractivity (Wildman–Crippen MR) is 165 cm³/mol. The van der Waals surface area contributed by atoms with E-state index in [4.69, 9.17) is 21.6 Å². The normalized spacial score (nSPS) is 16.9. The molecule has 6 rings (SSSR count). The van der Waals surface area contributed by atoms with Crippen LogP contribution in [0.3, 0.4) is 0 Å². The van der Waals surface area contributed by atoms with Gasteiger partial charge in [-0.2, -0.15) is 5.10 Å². The lowest BCUT2D eigenvalue weighted by Crippen LogP contribution is -2.32. The number of aromatic nitrogens is 4. The molecule has 2 aromatic heterocycles. The highest BCUT2D eigenvalue weighted by molar-refractivity contribution is 6.33. The highest BCUT2D eigenvalue weighted by atomic mass is 35.5. The van der Waals surface area contributed by atoms with E-state index in [1.54, 1.807) is 29.3 Å². The van der Waals surface area contributed by atoms with Gasteiger partial charge in [0.25, 0.3) is 0 Å². The van der Waals surface area contributed by atoms with Gasteiger partial charge in [0.1, 0.15) is 28.3 Å². The molecule has 0 unspecified atom stereocenters. The number of pyridine rings is 1. The van der Waals surface area contributed by atoms with E-state index < -0.39 is 0 Å². The summed E-state index contributed by atoms with van der Waals surface area (Å²) in [5, 5.41) is 8.02. The average Bonchev–Trinajstić information content (AvgIpc) is 3.53. The first kappa shape index (κ1) is 27.8. The molecule has 4 heterocycles.